The molecule has 6 nitrogen and oxygen atoms in total. The lowest BCUT2D eigenvalue weighted by Crippen LogP contribution is -2.37. The van der Waals surface area contributed by atoms with Gasteiger partial charge in [0.15, 0.2) is 6.61 Å². The van der Waals surface area contributed by atoms with E-state index in [1.54, 1.807) is 0 Å². The Bertz CT molecular complexity index is 508. The van der Waals surface area contributed by atoms with Gasteiger partial charge in [0, 0.05) is 13.1 Å². The van der Waals surface area contributed by atoms with Gasteiger partial charge in [-0.15, -0.1) is 11.6 Å². The van der Waals surface area contributed by atoms with Crippen molar-refractivity contribution in [1.29, 1.82) is 0 Å². The van der Waals surface area contributed by atoms with Crippen molar-refractivity contribution >= 4 is 23.6 Å². The van der Waals surface area contributed by atoms with E-state index in [4.69, 9.17) is 21.1 Å². The summed E-state index contributed by atoms with van der Waals surface area (Å²) in [5.41, 5.74) is 2.12. The molecule has 0 heterocycles. The van der Waals surface area contributed by atoms with Crippen LogP contribution in [0.15, 0.2) is 18.2 Å². The minimum atomic E-state index is -0.554. The summed E-state index contributed by atoms with van der Waals surface area (Å²) in [6.07, 6.45) is -0.554. The molecule has 1 aromatic rings. The quantitative estimate of drug-likeness (QED) is 0.563. The van der Waals surface area contributed by atoms with Crippen LogP contribution in [0.4, 0.5) is 4.79 Å². The molecule has 0 unspecified atom stereocenters. The molecule has 1 rings (SSSR count). The number of alkyl halides is 1. The van der Waals surface area contributed by atoms with Crippen molar-refractivity contribution in [3.8, 4) is 5.75 Å². The molecular formula is C15H21ClN2O4. The molecule has 0 aliphatic carbocycles. The first-order valence-electron chi connectivity index (χ1n) is 6.96. The third kappa shape index (κ3) is 7.17. The Hall–Kier alpha value is -1.95. The first-order valence-corrected chi connectivity index (χ1v) is 7.49. The molecular weight excluding hydrogens is 308 g/mol. The molecule has 0 aliphatic heterocycles. The van der Waals surface area contributed by atoms with E-state index < -0.39 is 6.09 Å². The Labute approximate surface area is 135 Å². The van der Waals surface area contributed by atoms with Crippen molar-refractivity contribution < 1.29 is 19.1 Å². The molecule has 2 amide bonds. The van der Waals surface area contributed by atoms with Gasteiger partial charge in [0.2, 0.25) is 0 Å². The number of carbonyl (C=O) groups is 2. The fourth-order valence-electron chi connectivity index (χ4n) is 1.70. The van der Waals surface area contributed by atoms with Crippen LogP contribution in [-0.4, -0.2) is 44.2 Å². The molecule has 22 heavy (non-hydrogen) atoms. The number of hydrogen-bond acceptors (Lipinski definition) is 4. The summed E-state index contributed by atoms with van der Waals surface area (Å²) in [6.45, 7) is 4.58. The first kappa shape index (κ1) is 18.1. The average Bonchev–Trinajstić information content (AvgIpc) is 2.48. The van der Waals surface area contributed by atoms with Gasteiger partial charge in [-0.3, -0.25) is 4.79 Å². The third-order valence-electron chi connectivity index (χ3n) is 2.72. The second kappa shape index (κ2) is 9.89. The van der Waals surface area contributed by atoms with Crippen LogP contribution in [0.1, 0.15) is 11.1 Å². The fraction of sp³-hybridized carbons (Fsp3) is 0.467. The lowest BCUT2D eigenvalue weighted by molar-refractivity contribution is -0.123. The van der Waals surface area contributed by atoms with E-state index in [1.807, 2.05) is 32.0 Å². The maximum atomic E-state index is 11.6. The summed E-state index contributed by atoms with van der Waals surface area (Å²) < 4.78 is 10.2. The topological polar surface area (TPSA) is 76.7 Å². The van der Waals surface area contributed by atoms with Crippen molar-refractivity contribution in [2.75, 3.05) is 32.2 Å². The molecule has 0 saturated carbocycles. The Morgan fingerprint density at radius 3 is 2.59 bits per heavy atom. The molecule has 0 fully saturated rings. The lowest BCUT2D eigenvalue weighted by atomic mass is 10.1. The molecule has 0 aromatic heterocycles. The summed E-state index contributed by atoms with van der Waals surface area (Å²) in [6, 6.07) is 5.76. The van der Waals surface area contributed by atoms with Crippen molar-refractivity contribution in [2.24, 2.45) is 0 Å². The van der Waals surface area contributed by atoms with E-state index in [9.17, 15) is 9.59 Å². The van der Waals surface area contributed by atoms with Crippen LogP contribution < -0.4 is 15.4 Å². The molecule has 1 aromatic carbocycles. The number of alkyl carbamates (subject to hydrolysis) is 1. The van der Waals surface area contributed by atoms with E-state index in [0.29, 0.717) is 12.3 Å². The fourth-order valence-corrected chi connectivity index (χ4v) is 1.78. The van der Waals surface area contributed by atoms with Gasteiger partial charge in [-0.2, -0.15) is 0 Å². The standard InChI is InChI=1S/C15H21ClN2O4/c1-11-3-4-13(12(2)9-11)22-10-14(19)17-6-7-18-15(20)21-8-5-16/h3-4,9H,5-8,10H2,1-2H3,(H,17,19)(H,18,20). The smallest absolute Gasteiger partial charge is 0.407 e. The predicted octanol–water partition coefficient (Wildman–Crippen LogP) is 1.76. The van der Waals surface area contributed by atoms with Crippen LogP contribution in [0.2, 0.25) is 0 Å². The average molecular weight is 329 g/mol. The van der Waals surface area contributed by atoms with Gasteiger partial charge in [0.05, 0.1) is 5.88 Å². The number of amides is 2. The highest BCUT2D eigenvalue weighted by atomic mass is 35.5. The number of nitrogens with one attached hydrogen (secondary N) is 2. The number of halogens is 1. The highest BCUT2D eigenvalue weighted by Gasteiger charge is 2.05. The van der Waals surface area contributed by atoms with E-state index in [1.165, 1.54) is 0 Å². The SMILES string of the molecule is Cc1ccc(OCC(=O)NCCNC(=O)OCCCl)c(C)c1. The van der Waals surface area contributed by atoms with E-state index in [-0.39, 0.29) is 31.5 Å². The van der Waals surface area contributed by atoms with Gasteiger partial charge in [-0.05, 0) is 25.5 Å². The van der Waals surface area contributed by atoms with Crippen LogP contribution in [0.5, 0.6) is 5.75 Å². The second-order valence-electron chi connectivity index (χ2n) is 4.66. The van der Waals surface area contributed by atoms with Crippen molar-refractivity contribution in [2.45, 2.75) is 13.8 Å². The van der Waals surface area contributed by atoms with Crippen molar-refractivity contribution in [3.63, 3.8) is 0 Å². The Balaban J connectivity index is 2.17. The second-order valence-corrected chi connectivity index (χ2v) is 5.04. The number of rotatable bonds is 8. The van der Waals surface area contributed by atoms with Gasteiger partial charge in [-0.25, -0.2) is 4.79 Å². The number of benzene rings is 1. The van der Waals surface area contributed by atoms with Crippen LogP contribution in [0.25, 0.3) is 0 Å². The Kier molecular flexibility index (Phi) is 8.14. The minimum Gasteiger partial charge on any atom is -0.484 e. The van der Waals surface area contributed by atoms with Crippen LogP contribution in [-0.2, 0) is 9.53 Å². The number of carbonyl (C=O) groups excluding carboxylic acids is 2. The van der Waals surface area contributed by atoms with Crippen molar-refractivity contribution in [3.05, 3.63) is 29.3 Å². The summed E-state index contributed by atoms with van der Waals surface area (Å²) in [7, 11) is 0. The molecule has 7 heteroatoms. The van der Waals surface area contributed by atoms with Crippen molar-refractivity contribution in [1.82, 2.24) is 10.6 Å². The normalized spacial score (nSPS) is 9.95. The molecule has 0 aliphatic rings. The number of ether oxygens (including phenoxy) is 2. The van der Waals surface area contributed by atoms with Crippen LogP contribution >= 0.6 is 11.6 Å². The van der Waals surface area contributed by atoms with Gasteiger partial charge in [0.25, 0.3) is 5.91 Å². The molecule has 0 radical (unpaired) electrons. The van der Waals surface area contributed by atoms with Gasteiger partial charge in [0.1, 0.15) is 12.4 Å². The summed E-state index contributed by atoms with van der Waals surface area (Å²) in [5.74, 6) is 0.680. The lowest BCUT2D eigenvalue weighted by Gasteiger charge is -2.10. The zero-order chi connectivity index (χ0) is 16.4. The number of hydrogen-bond donors (Lipinski definition) is 2. The maximum Gasteiger partial charge on any atom is 0.407 e. The Morgan fingerprint density at radius 2 is 1.91 bits per heavy atom. The van der Waals surface area contributed by atoms with Crippen LogP contribution in [0.3, 0.4) is 0 Å². The molecule has 0 saturated heterocycles. The molecule has 0 spiro atoms. The van der Waals surface area contributed by atoms with Crippen LogP contribution in [0, 0.1) is 13.8 Å². The molecule has 2 N–H and O–H groups in total. The molecule has 0 atom stereocenters. The largest absolute Gasteiger partial charge is 0.484 e. The Morgan fingerprint density at radius 1 is 1.18 bits per heavy atom. The zero-order valence-electron chi connectivity index (χ0n) is 12.8. The first-order chi connectivity index (χ1) is 10.5. The predicted molar refractivity (Wildman–Crippen MR) is 84.5 cm³/mol. The highest BCUT2D eigenvalue weighted by Crippen LogP contribution is 2.18. The minimum absolute atomic E-state index is 0.0689. The highest BCUT2D eigenvalue weighted by molar-refractivity contribution is 6.18. The zero-order valence-corrected chi connectivity index (χ0v) is 13.5. The third-order valence-corrected chi connectivity index (χ3v) is 2.87. The van der Waals surface area contributed by atoms with Gasteiger partial charge in [-0.1, -0.05) is 17.7 Å². The maximum absolute atomic E-state index is 11.6. The van der Waals surface area contributed by atoms with Gasteiger partial charge < -0.3 is 20.1 Å². The van der Waals surface area contributed by atoms with E-state index >= 15 is 0 Å². The van der Waals surface area contributed by atoms with E-state index in [2.05, 4.69) is 10.6 Å². The summed E-state index contributed by atoms with van der Waals surface area (Å²) >= 11 is 5.38. The molecule has 122 valence electrons. The molecule has 0 bridgehead atoms. The number of aryl methyl sites for hydroxylation is 2. The summed E-state index contributed by atoms with van der Waals surface area (Å²) in [4.78, 5) is 22.7. The summed E-state index contributed by atoms with van der Waals surface area (Å²) in [5, 5.41) is 5.12. The van der Waals surface area contributed by atoms with Gasteiger partial charge >= 0.3 is 6.09 Å². The van der Waals surface area contributed by atoms with E-state index in [0.717, 1.165) is 11.1 Å². The monoisotopic (exact) mass is 328 g/mol.